The van der Waals surface area contributed by atoms with Crippen LogP contribution >= 0.6 is 0 Å². The first-order chi connectivity index (χ1) is 15.6. The number of aromatic nitrogens is 1. The summed E-state index contributed by atoms with van der Waals surface area (Å²) in [7, 11) is 0. The summed E-state index contributed by atoms with van der Waals surface area (Å²) >= 11 is 0. The zero-order valence-corrected chi connectivity index (χ0v) is 18.1. The second-order valence-corrected chi connectivity index (χ2v) is 8.29. The Morgan fingerprint density at radius 3 is 2.48 bits per heavy atom. The third kappa shape index (κ3) is 3.81. The van der Waals surface area contributed by atoms with Gasteiger partial charge in [0.2, 0.25) is 5.43 Å². The largest absolute Gasteiger partial charge is 0.502 e. The molecule has 2 bridgehead atoms. The van der Waals surface area contributed by atoms with Gasteiger partial charge >= 0.3 is 0 Å². The molecule has 0 saturated carbocycles. The predicted octanol–water partition coefficient (Wildman–Crippen LogP) is 2.21. The van der Waals surface area contributed by atoms with Gasteiger partial charge in [-0.25, -0.2) is 13.2 Å². The molecule has 11 heteroatoms. The highest BCUT2D eigenvalue weighted by Gasteiger charge is 2.40. The maximum atomic E-state index is 13.9. The number of fused-ring (bicyclic) bond motifs is 4. The molecule has 33 heavy (non-hydrogen) atoms. The average molecular weight is 464 g/mol. The number of nitrogens with one attached hydrogen (secondary N) is 1. The van der Waals surface area contributed by atoms with Crippen molar-refractivity contribution in [2.24, 2.45) is 0 Å². The van der Waals surface area contributed by atoms with Crippen LogP contribution in [0.1, 0.15) is 59.5 Å². The van der Waals surface area contributed by atoms with Crippen molar-refractivity contribution < 1.29 is 27.9 Å². The number of halogens is 3. The fourth-order valence-corrected chi connectivity index (χ4v) is 4.37. The van der Waals surface area contributed by atoms with Crippen LogP contribution in [-0.4, -0.2) is 45.2 Å². The molecule has 2 atom stereocenters. The average Bonchev–Trinajstić information content (AvgIpc) is 2.90. The maximum absolute atomic E-state index is 13.9. The van der Waals surface area contributed by atoms with Crippen molar-refractivity contribution in [1.82, 2.24) is 14.9 Å². The summed E-state index contributed by atoms with van der Waals surface area (Å²) in [5, 5.41) is 14.6. The van der Waals surface area contributed by atoms with Crippen LogP contribution < -0.4 is 15.8 Å². The van der Waals surface area contributed by atoms with E-state index in [0.29, 0.717) is 12.1 Å². The van der Waals surface area contributed by atoms with Gasteiger partial charge in [0.1, 0.15) is 29.7 Å². The van der Waals surface area contributed by atoms with Gasteiger partial charge in [-0.2, -0.15) is 0 Å². The van der Waals surface area contributed by atoms with Crippen LogP contribution in [0.3, 0.4) is 0 Å². The van der Waals surface area contributed by atoms with Crippen molar-refractivity contribution in [2.75, 3.05) is 11.7 Å². The van der Waals surface area contributed by atoms with Crippen molar-refractivity contribution in [3.8, 4) is 5.75 Å². The van der Waals surface area contributed by atoms with Gasteiger partial charge in [-0.05, 0) is 26.2 Å². The van der Waals surface area contributed by atoms with Crippen LogP contribution in [0.2, 0.25) is 0 Å². The minimum absolute atomic E-state index is 0.00970. The summed E-state index contributed by atoms with van der Waals surface area (Å²) in [5.41, 5.74) is -2.38. The second-order valence-electron chi connectivity index (χ2n) is 8.29. The molecular weight excluding hydrogens is 441 g/mol. The molecule has 1 fully saturated rings. The van der Waals surface area contributed by atoms with Crippen molar-refractivity contribution in [2.45, 2.75) is 51.7 Å². The summed E-state index contributed by atoms with van der Waals surface area (Å²) in [5.74, 6) is -5.87. The Kier molecular flexibility index (Phi) is 5.81. The first-order valence-electron chi connectivity index (χ1n) is 10.6. The normalized spacial score (nSPS) is 19.8. The molecule has 1 saturated heterocycles. The lowest BCUT2D eigenvalue weighted by molar-refractivity contribution is 0.0626. The molecular formula is C22H23F3N4O4. The van der Waals surface area contributed by atoms with E-state index in [-0.39, 0.29) is 24.4 Å². The van der Waals surface area contributed by atoms with Crippen molar-refractivity contribution in [3.63, 3.8) is 0 Å². The number of benzene rings is 1. The second kappa shape index (κ2) is 8.45. The molecule has 8 nitrogen and oxygen atoms in total. The highest BCUT2D eigenvalue weighted by Crippen LogP contribution is 2.29. The Morgan fingerprint density at radius 2 is 1.85 bits per heavy atom. The number of nitrogens with zero attached hydrogens (tertiary/aromatic N) is 3. The Balaban J connectivity index is 1.71. The molecule has 2 aromatic rings. The van der Waals surface area contributed by atoms with E-state index in [2.05, 4.69) is 5.32 Å². The third-order valence-electron chi connectivity index (χ3n) is 6.32. The molecule has 0 radical (unpaired) electrons. The number of pyridine rings is 1. The van der Waals surface area contributed by atoms with Crippen LogP contribution in [0, 0.1) is 17.5 Å². The summed E-state index contributed by atoms with van der Waals surface area (Å²) < 4.78 is 42.2. The summed E-state index contributed by atoms with van der Waals surface area (Å²) in [6.07, 6.45) is 3.39. The number of amides is 2. The monoisotopic (exact) mass is 464 g/mol. The molecule has 2 amide bonds. The topological polar surface area (TPSA) is 94.9 Å². The quantitative estimate of drug-likeness (QED) is 0.724. The van der Waals surface area contributed by atoms with Gasteiger partial charge in [-0.3, -0.25) is 24.1 Å². The first-order valence-corrected chi connectivity index (χ1v) is 10.6. The minimum atomic E-state index is -1.19. The van der Waals surface area contributed by atoms with Gasteiger partial charge in [-0.1, -0.05) is 6.92 Å². The minimum Gasteiger partial charge on any atom is -0.502 e. The molecule has 2 aliphatic heterocycles. The van der Waals surface area contributed by atoms with Crippen molar-refractivity contribution in [1.29, 1.82) is 0 Å². The lowest BCUT2D eigenvalue weighted by atomic mass is 10.1. The van der Waals surface area contributed by atoms with E-state index in [1.54, 1.807) is 4.90 Å². The van der Waals surface area contributed by atoms with E-state index < -0.39 is 58.1 Å². The third-order valence-corrected chi connectivity index (χ3v) is 6.32. The number of aromatic hydroxyl groups is 1. The lowest BCUT2D eigenvalue weighted by Gasteiger charge is -2.42. The number of rotatable bonds is 4. The maximum Gasteiger partial charge on any atom is 0.278 e. The molecule has 1 aromatic heterocycles. The van der Waals surface area contributed by atoms with Gasteiger partial charge in [0.15, 0.2) is 11.4 Å². The first kappa shape index (κ1) is 22.7. The van der Waals surface area contributed by atoms with E-state index in [1.165, 1.54) is 4.68 Å². The smallest absolute Gasteiger partial charge is 0.278 e. The molecule has 3 heterocycles. The number of hydrogen-bond donors (Lipinski definition) is 2. The van der Waals surface area contributed by atoms with Gasteiger partial charge in [0.25, 0.3) is 11.8 Å². The molecule has 176 valence electrons. The Bertz CT molecular complexity index is 1180. The Labute approximate surface area is 187 Å². The zero-order valence-electron chi connectivity index (χ0n) is 18.1. The molecule has 0 unspecified atom stereocenters. The van der Waals surface area contributed by atoms with E-state index in [9.17, 15) is 32.7 Å². The molecule has 2 aliphatic rings. The molecule has 1 aromatic carbocycles. The van der Waals surface area contributed by atoms with Gasteiger partial charge in [-0.15, -0.1) is 0 Å². The Hall–Kier alpha value is -3.50. The van der Waals surface area contributed by atoms with Crippen molar-refractivity contribution in [3.05, 3.63) is 62.8 Å². The summed E-state index contributed by atoms with van der Waals surface area (Å²) in [6.45, 7) is 3.45. The summed E-state index contributed by atoms with van der Waals surface area (Å²) in [6, 6.07) is 0.854. The standard InChI is InChI=1S/C22H23F3N4O4/c1-3-13-5-4-11(2)27-10-29(13)28-9-15(19(30)20(31)18(28)22(27)33)21(32)26-8-14-16(24)6-12(23)7-17(14)25/h6-7,9,11,13,31H,3-5,8,10H2,1-2H3,(H,26,32)/t11-,13-/m0/s1. The number of carbonyl (C=O) groups excluding carboxylic acids is 2. The highest BCUT2D eigenvalue weighted by molar-refractivity contribution is 5.99. The SMILES string of the molecule is CC[C@H]1CC[C@H](C)N2CN1n1cc(C(=O)NCc3c(F)cc(F)cc3F)c(=O)c(O)c1C2=O. The van der Waals surface area contributed by atoms with Crippen LogP contribution in [0.5, 0.6) is 5.75 Å². The molecule has 4 rings (SSSR count). The van der Waals surface area contributed by atoms with Crippen LogP contribution in [0.15, 0.2) is 23.1 Å². The molecule has 2 N–H and O–H groups in total. The number of carbonyl (C=O) groups is 2. The van der Waals surface area contributed by atoms with Gasteiger partial charge in [0.05, 0.1) is 0 Å². The van der Waals surface area contributed by atoms with Crippen molar-refractivity contribution >= 4 is 11.8 Å². The van der Waals surface area contributed by atoms with Crippen LogP contribution in [0.25, 0.3) is 0 Å². The Morgan fingerprint density at radius 1 is 1.18 bits per heavy atom. The van der Waals surface area contributed by atoms with Crippen LogP contribution in [0.4, 0.5) is 13.2 Å². The van der Waals surface area contributed by atoms with E-state index in [4.69, 9.17) is 0 Å². The van der Waals surface area contributed by atoms with E-state index in [0.717, 1.165) is 25.5 Å². The number of hydrogen-bond acceptors (Lipinski definition) is 5. The molecule has 0 aliphatic carbocycles. The highest BCUT2D eigenvalue weighted by atomic mass is 19.1. The van der Waals surface area contributed by atoms with E-state index in [1.807, 2.05) is 18.9 Å². The predicted molar refractivity (Wildman–Crippen MR) is 112 cm³/mol. The zero-order chi connectivity index (χ0) is 24.0. The van der Waals surface area contributed by atoms with E-state index >= 15 is 0 Å². The fourth-order valence-electron chi connectivity index (χ4n) is 4.37. The summed E-state index contributed by atoms with van der Waals surface area (Å²) in [4.78, 5) is 40.1. The lowest BCUT2D eigenvalue weighted by Crippen LogP contribution is -2.57. The molecule has 0 spiro atoms. The van der Waals surface area contributed by atoms with Crippen LogP contribution in [-0.2, 0) is 6.54 Å². The van der Waals surface area contributed by atoms with Gasteiger partial charge in [0, 0.05) is 42.5 Å². The fraction of sp³-hybridized carbons (Fsp3) is 0.409. The van der Waals surface area contributed by atoms with Gasteiger partial charge < -0.3 is 15.3 Å².